The fraction of sp³-hybridized carbons (Fsp3) is 0.143. The van der Waals surface area contributed by atoms with E-state index in [0.717, 1.165) is 5.75 Å². The third kappa shape index (κ3) is 1.92. The lowest BCUT2D eigenvalue weighted by Crippen LogP contribution is -2.17. The minimum atomic E-state index is 0.996. The Labute approximate surface area is 82.5 Å². The molecule has 0 radical (unpaired) electrons. The monoisotopic (exact) mass is 258 g/mol. The molecule has 0 aliphatic rings. The van der Waals surface area contributed by atoms with E-state index in [1.54, 1.807) is 7.11 Å². The van der Waals surface area contributed by atoms with E-state index >= 15 is 0 Å². The van der Waals surface area contributed by atoms with Crippen molar-refractivity contribution in [3.8, 4) is 5.75 Å². The summed E-state index contributed by atoms with van der Waals surface area (Å²) < 4.78 is 6.41. The van der Waals surface area contributed by atoms with E-state index in [2.05, 4.69) is 50.4 Å². The van der Waals surface area contributed by atoms with Crippen molar-refractivity contribution in [3.05, 3.63) is 15.7 Å². The first kappa shape index (κ1) is 8.97. The number of benzene rings is 1. The zero-order valence-electron chi connectivity index (χ0n) is 6.94. The largest absolute Gasteiger partial charge is 0.496 e. The van der Waals surface area contributed by atoms with Gasteiger partial charge in [-0.3, -0.25) is 0 Å². The Bertz CT molecular complexity index is 252. The van der Waals surface area contributed by atoms with Crippen LogP contribution in [0.3, 0.4) is 0 Å². The third-order valence-corrected chi connectivity index (χ3v) is 2.38. The van der Waals surface area contributed by atoms with Gasteiger partial charge in [-0.15, -0.1) is 0 Å². The highest BCUT2D eigenvalue weighted by atomic mass is 127. The third-order valence-electron chi connectivity index (χ3n) is 1.58. The number of rotatable bonds is 1. The number of methoxy groups -OCH3 is 1. The van der Waals surface area contributed by atoms with Crippen LogP contribution in [0.15, 0.2) is 12.1 Å². The number of ether oxygens (including phenoxy) is 1. The van der Waals surface area contributed by atoms with E-state index in [0.29, 0.717) is 0 Å². The highest BCUT2D eigenvalue weighted by Crippen LogP contribution is 2.14. The van der Waals surface area contributed by atoms with E-state index in [4.69, 9.17) is 4.74 Å². The minimum absolute atomic E-state index is 0.996. The Hall–Kier alpha value is -0.120. The summed E-state index contributed by atoms with van der Waals surface area (Å²) in [4.78, 5) is 0. The summed E-state index contributed by atoms with van der Waals surface area (Å²) in [5.41, 5.74) is 2.49. The van der Waals surface area contributed by atoms with Crippen molar-refractivity contribution < 1.29 is 4.74 Å². The molecule has 56 valence electrons. The normalized spacial score (nSPS) is 9.64. The van der Waals surface area contributed by atoms with Gasteiger partial charge in [0.05, 0.1) is 10.7 Å². The summed E-state index contributed by atoms with van der Waals surface area (Å²) in [5.74, 6) is 0.996. The Morgan fingerprint density at radius 2 is 2.00 bits per heavy atom. The van der Waals surface area contributed by atoms with E-state index in [9.17, 15) is 0 Å². The number of hydrogen-bond donors (Lipinski definition) is 0. The highest BCUT2D eigenvalue weighted by Gasteiger charge is 2.02. The molecule has 4 heteroatoms. The predicted octanol–water partition coefficient (Wildman–Crippen LogP) is -1.18. The summed E-state index contributed by atoms with van der Waals surface area (Å²) in [6.07, 6.45) is 0. The van der Waals surface area contributed by atoms with Gasteiger partial charge in [0, 0.05) is 0 Å². The Morgan fingerprint density at radius 3 is 2.45 bits per heavy atom. The van der Waals surface area contributed by atoms with Crippen LogP contribution in [0, 0.1) is 3.57 Å². The summed E-state index contributed by atoms with van der Waals surface area (Å²) >= 11 is 2.29. The molecule has 0 aliphatic heterocycles. The van der Waals surface area contributed by atoms with E-state index < -0.39 is 0 Å². The van der Waals surface area contributed by atoms with Crippen LogP contribution < -0.4 is 15.7 Å². The molecule has 0 saturated heterocycles. The highest BCUT2D eigenvalue weighted by molar-refractivity contribution is 14.1. The van der Waals surface area contributed by atoms with Gasteiger partial charge < -0.3 is 4.74 Å². The van der Waals surface area contributed by atoms with Gasteiger partial charge in [0.25, 0.3) is 0 Å². The number of halogens is 1. The first-order chi connectivity index (χ1) is 5.15. The Kier molecular flexibility index (Phi) is 2.87. The molecule has 0 atom stereocenters. The van der Waals surface area contributed by atoms with Crippen molar-refractivity contribution in [1.82, 2.24) is 0 Å². The van der Waals surface area contributed by atoms with Crippen LogP contribution in [-0.4, -0.2) is 22.8 Å². The van der Waals surface area contributed by atoms with Crippen molar-refractivity contribution in [2.24, 2.45) is 0 Å². The molecule has 1 rings (SSSR count). The molecule has 1 nitrogen and oxygen atoms in total. The molecule has 0 heterocycles. The van der Waals surface area contributed by atoms with E-state index in [-0.39, 0.29) is 0 Å². The summed E-state index contributed by atoms with van der Waals surface area (Å²) in [5, 5.41) is 0. The van der Waals surface area contributed by atoms with Crippen LogP contribution >= 0.6 is 22.6 Å². The smallest absolute Gasteiger partial charge is 0.144 e. The van der Waals surface area contributed by atoms with Crippen molar-refractivity contribution in [1.29, 1.82) is 0 Å². The van der Waals surface area contributed by atoms with Gasteiger partial charge in [-0.2, -0.15) is 0 Å². The molecule has 1 aromatic rings. The number of hydrogen-bond acceptors (Lipinski definition) is 1. The van der Waals surface area contributed by atoms with Gasteiger partial charge >= 0.3 is 0 Å². The quantitative estimate of drug-likeness (QED) is 0.455. The average Bonchev–Trinajstić information content (AvgIpc) is 1.85. The van der Waals surface area contributed by atoms with Crippen molar-refractivity contribution in [2.75, 3.05) is 7.11 Å². The van der Waals surface area contributed by atoms with Gasteiger partial charge in [0.2, 0.25) is 0 Å². The zero-order chi connectivity index (χ0) is 8.43. The van der Waals surface area contributed by atoms with Crippen LogP contribution in [0.2, 0.25) is 0 Å². The lowest BCUT2D eigenvalue weighted by Gasteiger charge is -2.07. The Morgan fingerprint density at radius 1 is 1.36 bits per heavy atom. The summed E-state index contributed by atoms with van der Waals surface area (Å²) in [6, 6.07) is 4.24. The zero-order valence-corrected chi connectivity index (χ0v) is 9.10. The lowest BCUT2D eigenvalue weighted by atomic mass is 9.87. The predicted molar refractivity (Wildman–Crippen MR) is 62.1 cm³/mol. The van der Waals surface area contributed by atoms with Gasteiger partial charge in [-0.05, 0) is 28.1 Å². The second-order valence-electron chi connectivity index (χ2n) is 2.60. The van der Waals surface area contributed by atoms with Crippen LogP contribution in [0.5, 0.6) is 5.75 Å². The maximum absolute atomic E-state index is 5.22. The molecule has 0 fully saturated rings. The maximum atomic E-state index is 5.22. The summed E-state index contributed by atoms with van der Waals surface area (Å²) in [7, 11) is 5.86. The second kappa shape index (κ2) is 3.52. The molecular weight excluding hydrogens is 249 g/mol. The molecule has 1 aromatic carbocycles. The molecule has 0 saturated carbocycles. The molecular formula is C7H9B2IO. The van der Waals surface area contributed by atoms with Crippen molar-refractivity contribution in [3.63, 3.8) is 0 Å². The van der Waals surface area contributed by atoms with Crippen molar-refractivity contribution >= 4 is 49.2 Å². The van der Waals surface area contributed by atoms with E-state index in [1.807, 2.05) is 0 Å². The molecule has 0 spiro atoms. The second-order valence-corrected chi connectivity index (χ2v) is 3.76. The first-order valence-electron chi connectivity index (χ1n) is 3.46. The average molecular weight is 258 g/mol. The molecule has 0 aliphatic carbocycles. The van der Waals surface area contributed by atoms with Gasteiger partial charge in [-0.1, -0.05) is 17.6 Å². The van der Waals surface area contributed by atoms with Gasteiger partial charge in [0.1, 0.15) is 21.4 Å². The SMILES string of the molecule is Bc1cc(B)c(OC)c(I)c1. The molecule has 0 unspecified atom stereocenters. The fourth-order valence-electron chi connectivity index (χ4n) is 1.16. The first-order valence-corrected chi connectivity index (χ1v) is 4.53. The van der Waals surface area contributed by atoms with Gasteiger partial charge in [0.15, 0.2) is 0 Å². The molecule has 0 bridgehead atoms. The van der Waals surface area contributed by atoms with Gasteiger partial charge in [-0.25, -0.2) is 0 Å². The molecule has 0 aromatic heterocycles. The molecule has 11 heavy (non-hydrogen) atoms. The maximum Gasteiger partial charge on any atom is 0.144 e. The van der Waals surface area contributed by atoms with Crippen LogP contribution in [0.25, 0.3) is 0 Å². The summed E-state index contributed by atoms with van der Waals surface area (Å²) in [6.45, 7) is 0. The minimum Gasteiger partial charge on any atom is -0.496 e. The standard InChI is InChI=1S/C7H9B2IO/c1-11-7-5(9)2-4(8)3-6(7)10/h2-3H,8-9H2,1H3. The van der Waals surface area contributed by atoms with Crippen molar-refractivity contribution in [2.45, 2.75) is 0 Å². The van der Waals surface area contributed by atoms with Crippen LogP contribution in [0.1, 0.15) is 0 Å². The fourth-order valence-corrected chi connectivity index (χ4v) is 2.30. The Balaban J connectivity index is 3.25. The van der Waals surface area contributed by atoms with Crippen LogP contribution in [0.4, 0.5) is 0 Å². The molecule has 0 amide bonds. The lowest BCUT2D eigenvalue weighted by molar-refractivity contribution is 0.415. The molecule has 0 N–H and O–H groups in total. The van der Waals surface area contributed by atoms with E-state index in [1.165, 1.54) is 14.5 Å². The topological polar surface area (TPSA) is 9.23 Å². The van der Waals surface area contributed by atoms with Crippen LogP contribution in [-0.2, 0) is 0 Å².